The Morgan fingerprint density at radius 2 is 1.96 bits per heavy atom. The van der Waals surface area contributed by atoms with Gasteiger partial charge in [0.2, 0.25) is 5.91 Å². The molecule has 0 bridgehead atoms. The van der Waals surface area contributed by atoms with Gasteiger partial charge in [0.25, 0.3) is 0 Å². The van der Waals surface area contributed by atoms with Crippen molar-refractivity contribution in [2.24, 2.45) is 0 Å². The first kappa shape index (κ1) is 18.8. The van der Waals surface area contributed by atoms with Crippen molar-refractivity contribution >= 4 is 16.8 Å². The number of fused-ring (bicyclic) bond motifs is 1. The molecule has 0 unspecified atom stereocenters. The van der Waals surface area contributed by atoms with Crippen LogP contribution >= 0.6 is 0 Å². The molecule has 1 saturated heterocycles. The highest BCUT2D eigenvalue weighted by molar-refractivity contribution is 5.87. The van der Waals surface area contributed by atoms with Crippen LogP contribution in [0.4, 0.5) is 0 Å². The first-order valence-electron chi connectivity index (χ1n) is 9.78. The average Bonchev–Trinajstić information content (AvgIpc) is 2.65. The fourth-order valence-electron chi connectivity index (χ4n) is 3.71. The second kappa shape index (κ2) is 8.17. The highest BCUT2D eigenvalue weighted by atomic mass is 16.5. The van der Waals surface area contributed by atoms with Gasteiger partial charge in [-0.05, 0) is 54.5 Å². The summed E-state index contributed by atoms with van der Waals surface area (Å²) in [6.07, 6.45) is 2.27. The van der Waals surface area contributed by atoms with Crippen molar-refractivity contribution in [3.8, 4) is 0 Å². The minimum absolute atomic E-state index is 0.222. The molecule has 2 aromatic rings. The fraction of sp³-hybridized carbons (Fsp3) is 0.545. The summed E-state index contributed by atoms with van der Waals surface area (Å²) in [4.78, 5) is 19.3. The number of hydrogen-bond acceptors (Lipinski definition) is 3. The molecule has 4 nitrogen and oxygen atoms in total. The second-order valence-corrected chi connectivity index (χ2v) is 7.51. The minimum Gasteiger partial charge on any atom is -0.378 e. The molecule has 1 aliphatic heterocycles. The van der Waals surface area contributed by atoms with E-state index in [1.807, 2.05) is 4.90 Å². The number of morpholine rings is 1. The number of ether oxygens (including phenoxy) is 1. The Kier molecular flexibility index (Phi) is 5.92. The molecule has 26 heavy (non-hydrogen) atoms. The van der Waals surface area contributed by atoms with Gasteiger partial charge in [-0.3, -0.25) is 9.78 Å². The van der Waals surface area contributed by atoms with Crippen molar-refractivity contribution in [1.82, 2.24) is 9.88 Å². The number of carbonyl (C=O) groups excluding carboxylic acids is 1. The molecular formula is C22H30N2O2. The summed E-state index contributed by atoms with van der Waals surface area (Å²) in [6, 6.07) is 6.73. The molecule has 1 aliphatic rings. The van der Waals surface area contributed by atoms with Crippen LogP contribution in [0.2, 0.25) is 0 Å². The summed E-state index contributed by atoms with van der Waals surface area (Å²) in [5, 5.41) is 1.25. The van der Waals surface area contributed by atoms with E-state index in [0.717, 1.165) is 24.1 Å². The maximum absolute atomic E-state index is 12.6. The van der Waals surface area contributed by atoms with Gasteiger partial charge in [-0.15, -0.1) is 0 Å². The van der Waals surface area contributed by atoms with Gasteiger partial charge in [0.1, 0.15) is 0 Å². The van der Waals surface area contributed by atoms with Crippen molar-refractivity contribution in [2.45, 2.75) is 52.9 Å². The van der Waals surface area contributed by atoms with Crippen LogP contribution < -0.4 is 0 Å². The molecule has 0 saturated carbocycles. The zero-order valence-electron chi connectivity index (χ0n) is 16.5. The third kappa shape index (κ3) is 4.07. The average molecular weight is 354 g/mol. The number of carbonyl (C=O) groups is 1. The van der Waals surface area contributed by atoms with E-state index in [0.29, 0.717) is 38.6 Å². The van der Waals surface area contributed by atoms with Gasteiger partial charge in [0, 0.05) is 30.6 Å². The molecule has 4 heteroatoms. The van der Waals surface area contributed by atoms with Crippen molar-refractivity contribution in [3.05, 3.63) is 40.6 Å². The summed E-state index contributed by atoms with van der Waals surface area (Å²) in [7, 11) is 0. The van der Waals surface area contributed by atoms with Crippen LogP contribution in [-0.2, 0) is 22.4 Å². The van der Waals surface area contributed by atoms with Crippen LogP contribution in [-0.4, -0.2) is 42.1 Å². The molecule has 0 atom stereocenters. The summed E-state index contributed by atoms with van der Waals surface area (Å²) in [5.41, 5.74) is 5.99. The van der Waals surface area contributed by atoms with Crippen LogP contribution in [0.1, 0.15) is 55.5 Å². The molecule has 1 aromatic carbocycles. The van der Waals surface area contributed by atoms with Gasteiger partial charge in [0.15, 0.2) is 0 Å². The number of benzene rings is 1. The number of rotatable bonds is 5. The Morgan fingerprint density at radius 3 is 2.62 bits per heavy atom. The van der Waals surface area contributed by atoms with E-state index >= 15 is 0 Å². The Balaban J connectivity index is 1.92. The maximum atomic E-state index is 12.6. The number of aryl methyl sites for hydroxylation is 3. The van der Waals surface area contributed by atoms with Crippen LogP contribution in [0.15, 0.2) is 18.2 Å². The van der Waals surface area contributed by atoms with Crippen LogP contribution in [0, 0.1) is 6.92 Å². The van der Waals surface area contributed by atoms with E-state index in [-0.39, 0.29) is 5.91 Å². The van der Waals surface area contributed by atoms with Gasteiger partial charge in [-0.25, -0.2) is 0 Å². The molecule has 0 spiro atoms. The van der Waals surface area contributed by atoms with E-state index in [1.165, 1.54) is 22.1 Å². The summed E-state index contributed by atoms with van der Waals surface area (Å²) in [5.74, 6) is 0.675. The summed E-state index contributed by atoms with van der Waals surface area (Å²) >= 11 is 0. The van der Waals surface area contributed by atoms with Gasteiger partial charge < -0.3 is 9.64 Å². The predicted octanol–water partition coefficient (Wildman–Crippen LogP) is 4.02. The predicted molar refractivity (Wildman–Crippen MR) is 106 cm³/mol. The van der Waals surface area contributed by atoms with Gasteiger partial charge in [-0.1, -0.05) is 26.8 Å². The van der Waals surface area contributed by atoms with Gasteiger partial charge >= 0.3 is 0 Å². The molecule has 0 radical (unpaired) electrons. The second-order valence-electron chi connectivity index (χ2n) is 7.51. The molecule has 3 rings (SSSR count). The largest absolute Gasteiger partial charge is 0.378 e. The molecular weight excluding hydrogens is 324 g/mol. The van der Waals surface area contributed by atoms with E-state index < -0.39 is 0 Å². The zero-order chi connectivity index (χ0) is 18.7. The number of aromatic nitrogens is 1. The Hall–Kier alpha value is -1.94. The molecule has 2 heterocycles. The smallest absolute Gasteiger partial charge is 0.223 e. The van der Waals surface area contributed by atoms with Crippen molar-refractivity contribution < 1.29 is 9.53 Å². The monoisotopic (exact) mass is 354 g/mol. The molecule has 1 aromatic heterocycles. The number of amides is 1. The lowest BCUT2D eigenvalue weighted by molar-refractivity contribution is -0.135. The lowest BCUT2D eigenvalue weighted by Crippen LogP contribution is -2.40. The standard InChI is InChI=1S/C22H30N2O2/c1-5-17-13-18(6-7-21(25)24-8-10-26-11-9-24)22-20(14-17)19(15(2)3)12-16(4)23-22/h12-15H,5-11H2,1-4H3. The Labute approximate surface area is 156 Å². The Bertz CT molecular complexity index is 792. The van der Waals surface area contributed by atoms with Gasteiger partial charge in [0.05, 0.1) is 18.7 Å². The first-order valence-corrected chi connectivity index (χ1v) is 9.78. The Morgan fingerprint density at radius 1 is 1.23 bits per heavy atom. The first-order chi connectivity index (χ1) is 12.5. The molecule has 1 amide bonds. The highest BCUT2D eigenvalue weighted by Gasteiger charge is 2.18. The quantitative estimate of drug-likeness (QED) is 0.814. The summed E-state index contributed by atoms with van der Waals surface area (Å²) < 4.78 is 5.35. The van der Waals surface area contributed by atoms with E-state index in [1.54, 1.807) is 0 Å². The lowest BCUT2D eigenvalue weighted by Gasteiger charge is -2.27. The van der Waals surface area contributed by atoms with Crippen LogP contribution in [0.25, 0.3) is 10.9 Å². The zero-order valence-corrected chi connectivity index (χ0v) is 16.5. The molecule has 0 N–H and O–H groups in total. The number of hydrogen-bond donors (Lipinski definition) is 0. The number of pyridine rings is 1. The molecule has 0 aliphatic carbocycles. The third-order valence-electron chi connectivity index (χ3n) is 5.21. The minimum atomic E-state index is 0.222. The maximum Gasteiger partial charge on any atom is 0.223 e. The van der Waals surface area contributed by atoms with Gasteiger partial charge in [-0.2, -0.15) is 0 Å². The topological polar surface area (TPSA) is 42.4 Å². The SMILES string of the molecule is CCc1cc(CCC(=O)N2CCOCC2)c2nc(C)cc(C(C)C)c2c1. The highest BCUT2D eigenvalue weighted by Crippen LogP contribution is 2.29. The van der Waals surface area contributed by atoms with Crippen LogP contribution in [0.3, 0.4) is 0 Å². The fourth-order valence-corrected chi connectivity index (χ4v) is 3.71. The third-order valence-corrected chi connectivity index (χ3v) is 5.21. The van der Waals surface area contributed by atoms with Crippen molar-refractivity contribution in [2.75, 3.05) is 26.3 Å². The normalized spacial score (nSPS) is 15.0. The molecule has 1 fully saturated rings. The van der Waals surface area contributed by atoms with E-state index in [4.69, 9.17) is 9.72 Å². The lowest BCUT2D eigenvalue weighted by atomic mass is 9.92. The molecule has 140 valence electrons. The van der Waals surface area contributed by atoms with Crippen molar-refractivity contribution in [1.29, 1.82) is 0 Å². The van der Waals surface area contributed by atoms with E-state index in [9.17, 15) is 4.79 Å². The summed E-state index contributed by atoms with van der Waals surface area (Å²) in [6.45, 7) is 11.4. The number of nitrogens with zero attached hydrogens (tertiary/aromatic N) is 2. The van der Waals surface area contributed by atoms with E-state index in [2.05, 4.69) is 45.9 Å². The van der Waals surface area contributed by atoms with Crippen molar-refractivity contribution in [3.63, 3.8) is 0 Å². The van der Waals surface area contributed by atoms with Crippen LogP contribution in [0.5, 0.6) is 0 Å².